The quantitative estimate of drug-likeness (QED) is 0.658. The van der Waals surface area contributed by atoms with Gasteiger partial charge in [-0.2, -0.15) is 4.98 Å². The van der Waals surface area contributed by atoms with Crippen molar-refractivity contribution in [1.29, 1.82) is 0 Å². The molecule has 0 unspecified atom stereocenters. The Morgan fingerprint density at radius 3 is 2.91 bits per heavy atom. The van der Waals surface area contributed by atoms with Gasteiger partial charge in [-0.1, -0.05) is 17.3 Å². The van der Waals surface area contributed by atoms with Crippen LogP contribution in [-0.4, -0.2) is 33.2 Å². The second kappa shape index (κ2) is 6.65. The van der Waals surface area contributed by atoms with E-state index in [1.54, 1.807) is 19.2 Å². The van der Waals surface area contributed by atoms with E-state index in [9.17, 15) is 4.79 Å². The second-order valence-electron chi connectivity index (χ2n) is 4.38. The molecule has 2 aromatic heterocycles. The molecule has 116 valence electrons. The summed E-state index contributed by atoms with van der Waals surface area (Å²) in [4.78, 5) is 23.6. The fraction of sp³-hybridized carbons (Fsp3) is 0.133. The Labute approximate surface area is 131 Å². The van der Waals surface area contributed by atoms with Crippen molar-refractivity contribution in [3.8, 4) is 17.1 Å². The molecule has 0 atom stereocenters. The predicted octanol–water partition coefficient (Wildman–Crippen LogP) is 1.89. The highest BCUT2D eigenvalue weighted by Crippen LogP contribution is 2.27. The van der Waals surface area contributed by atoms with Crippen molar-refractivity contribution in [3.63, 3.8) is 0 Å². The summed E-state index contributed by atoms with van der Waals surface area (Å²) in [6.45, 7) is -0.155. The summed E-state index contributed by atoms with van der Waals surface area (Å²) in [6, 6.07) is 7.27. The molecule has 8 nitrogen and oxygen atoms in total. The van der Waals surface area contributed by atoms with Crippen LogP contribution in [0.5, 0.6) is 5.75 Å². The first-order valence-electron chi connectivity index (χ1n) is 6.67. The number of aromatic nitrogens is 4. The molecule has 0 fully saturated rings. The molecule has 1 aromatic carbocycles. The number of benzene rings is 1. The number of ether oxygens (including phenoxy) is 2. The molecule has 8 heteroatoms. The van der Waals surface area contributed by atoms with Crippen molar-refractivity contribution in [2.45, 2.75) is 6.61 Å². The number of rotatable bonds is 5. The normalized spacial score (nSPS) is 10.3. The van der Waals surface area contributed by atoms with E-state index in [0.717, 1.165) is 0 Å². The Morgan fingerprint density at radius 1 is 1.26 bits per heavy atom. The van der Waals surface area contributed by atoms with Crippen LogP contribution in [-0.2, 0) is 11.3 Å². The van der Waals surface area contributed by atoms with Gasteiger partial charge in [0, 0.05) is 12.4 Å². The Morgan fingerprint density at radius 2 is 2.13 bits per heavy atom. The zero-order valence-electron chi connectivity index (χ0n) is 12.2. The molecule has 0 N–H and O–H groups in total. The van der Waals surface area contributed by atoms with Crippen molar-refractivity contribution in [3.05, 3.63) is 54.4 Å². The number of para-hydroxylation sites is 1. The van der Waals surface area contributed by atoms with Crippen LogP contribution in [0.1, 0.15) is 16.4 Å². The average Bonchev–Trinajstić information content (AvgIpc) is 3.09. The van der Waals surface area contributed by atoms with Gasteiger partial charge >= 0.3 is 5.97 Å². The predicted molar refractivity (Wildman–Crippen MR) is 77.4 cm³/mol. The van der Waals surface area contributed by atoms with E-state index in [-0.39, 0.29) is 18.2 Å². The fourth-order valence-corrected chi connectivity index (χ4v) is 1.86. The maximum atomic E-state index is 11.8. The lowest BCUT2D eigenvalue weighted by Crippen LogP contribution is -2.07. The average molecular weight is 312 g/mol. The molecule has 3 rings (SSSR count). The highest BCUT2D eigenvalue weighted by Gasteiger charge is 2.15. The third-order valence-corrected chi connectivity index (χ3v) is 2.92. The molecule has 3 aromatic rings. The summed E-state index contributed by atoms with van der Waals surface area (Å²) in [5, 5.41) is 3.86. The molecular formula is C15H12N4O4. The SMILES string of the molecule is COc1ccccc1-c1noc(COC(=O)c2cnccn2)n1. The van der Waals surface area contributed by atoms with Gasteiger partial charge in [-0.25, -0.2) is 9.78 Å². The van der Waals surface area contributed by atoms with Gasteiger partial charge in [0.25, 0.3) is 5.89 Å². The summed E-state index contributed by atoms with van der Waals surface area (Å²) < 4.78 is 15.4. The lowest BCUT2D eigenvalue weighted by molar-refractivity contribution is 0.0422. The van der Waals surface area contributed by atoms with Crippen LogP contribution < -0.4 is 4.74 Å². The lowest BCUT2D eigenvalue weighted by atomic mass is 10.2. The van der Waals surface area contributed by atoms with E-state index in [4.69, 9.17) is 14.0 Å². The van der Waals surface area contributed by atoms with Gasteiger partial charge in [0.1, 0.15) is 5.75 Å². The zero-order chi connectivity index (χ0) is 16.1. The summed E-state index contributed by atoms with van der Waals surface area (Å²) in [5.41, 5.74) is 0.794. The highest BCUT2D eigenvalue weighted by molar-refractivity contribution is 5.86. The number of hydrogen-bond acceptors (Lipinski definition) is 8. The molecule has 0 spiro atoms. The number of nitrogens with zero attached hydrogens (tertiary/aromatic N) is 4. The molecule has 23 heavy (non-hydrogen) atoms. The number of carbonyl (C=O) groups is 1. The van der Waals surface area contributed by atoms with Gasteiger partial charge in [0.15, 0.2) is 12.3 Å². The van der Waals surface area contributed by atoms with Gasteiger partial charge in [-0.05, 0) is 12.1 Å². The topological polar surface area (TPSA) is 100 Å². The maximum absolute atomic E-state index is 11.8. The van der Waals surface area contributed by atoms with Crippen LogP contribution in [0.15, 0.2) is 47.4 Å². The first kappa shape index (κ1) is 14.6. The first-order valence-corrected chi connectivity index (χ1v) is 6.67. The third-order valence-electron chi connectivity index (χ3n) is 2.92. The van der Waals surface area contributed by atoms with Gasteiger partial charge in [0.2, 0.25) is 5.82 Å². The van der Waals surface area contributed by atoms with E-state index in [1.165, 1.54) is 18.6 Å². The molecule has 0 saturated carbocycles. The van der Waals surface area contributed by atoms with Crippen LogP contribution in [0.25, 0.3) is 11.4 Å². The lowest BCUT2D eigenvalue weighted by Gasteiger charge is -2.03. The monoisotopic (exact) mass is 312 g/mol. The van der Waals surface area contributed by atoms with E-state index in [2.05, 4.69) is 20.1 Å². The molecule has 0 saturated heterocycles. The van der Waals surface area contributed by atoms with E-state index < -0.39 is 5.97 Å². The van der Waals surface area contributed by atoms with Crippen LogP contribution in [0.2, 0.25) is 0 Å². The van der Waals surface area contributed by atoms with E-state index in [0.29, 0.717) is 17.1 Å². The van der Waals surface area contributed by atoms with Gasteiger partial charge in [-0.15, -0.1) is 0 Å². The maximum Gasteiger partial charge on any atom is 0.359 e. The van der Waals surface area contributed by atoms with Gasteiger partial charge in [0.05, 0.1) is 18.9 Å². The number of carbonyl (C=O) groups excluding carboxylic acids is 1. The number of hydrogen-bond donors (Lipinski definition) is 0. The molecule has 0 bridgehead atoms. The van der Waals surface area contributed by atoms with Gasteiger partial charge in [-0.3, -0.25) is 4.98 Å². The first-order chi connectivity index (χ1) is 11.3. The molecule has 2 heterocycles. The smallest absolute Gasteiger partial charge is 0.359 e. The van der Waals surface area contributed by atoms with Gasteiger partial charge < -0.3 is 14.0 Å². The minimum absolute atomic E-state index is 0.108. The minimum Gasteiger partial charge on any atom is -0.496 e. The molecule has 0 aliphatic rings. The van der Waals surface area contributed by atoms with Crippen molar-refractivity contribution in [2.75, 3.05) is 7.11 Å². The second-order valence-corrected chi connectivity index (χ2v) is 4.38. The summed E-state index contributed by atoms with van der Waals surface area (Å²) in [6.07, 6.45) is 4.19. The third kappa shape index (κ3) is 3.31. The van der Waals surface area contributed by atoms with Crippen molar-refractivity contribution in [1.82, 2.24) is 20.1 Å². The number of esters is 1. The molecular weight excluding hydrogens is 300 g/mol. The van der Waals surface area contributed by atoms with Crippen LogP contribution in [0, 0.1) is 0 Å². The minimum atomic E-state index is -0.616. The van der Waals surface area contributed by atoms with E-state index >= 15 is 0 Å². The summed E-state index contributed by atoms with van der Waals surface area (Å²) >= 11 is 0. The summed E-state index contributed by atoms with van der Waals surface area (Å²) in [5.74, 6) is 0.530. The highest BCUT2D eigenvalue weighted by atomic mass is 16.6. The standard InChI is InChI=1S/C15H12N4O4/c1-21-12-5-3-2-4-10(12)14-18-13(23-19-14)9-22-15(20)11-8-16-6-7-17-11/h2-8H,9H2,1H3. The largest absolute Gasteiger partial charge is 0.496 e. The number of methoxy groups -OCH3 is 1. The molecule has 0 amide bonds. The molecule has 0 aliphatic heterocycles. The fourth-order valence-electron chi connectivity index (χ4n) is 1.86. The summed E-state index contributed by atoms with van der Waals surface area (Å²) in [7, 11) is 1.56. The molecule has 0 radical (unpaired) electrons. The van der Waals surface area contributed by atoms with Crippen LogP contribution >= 0.6 is 0 Å². The van der Waals surface area contributed by atoms with Crippen molar-refractivity contribution < 1.29 is 18.8 Å². The zero-order valence-corrected chi connectivity index (χ0v) is 12.2. The van der Waals surface area contributed by atoms with E-state index in [1.807, 2.05) is 12.1 Å². The molecule has 0 aliphatic carbocycles. The van der Waals surface area contributed by atoms with Crippen molar-refractivity contribution >= 4 is 5.97 Å². The Balaban J connectivity index is 1.69. The van der Waals surface area contributed by atoms with Crippen LogP contribution in [0.4, 0.5) is 0 Å². The Kier molecular flexibility index (Phi) is 4.23. The van der Waals surface area contributed by atoms with Crippen molar-refractivity contribution in [2.24, 2.45) is 0 Å². The van der Waals surface area contributed by atoms with Crippen LogP contribution in [0.3, 0.4) is 0 Å². The Hall–Kier alpha value is -3.29. The Bertz CT molecular complexity index is 804.